The maximum atomic E-state index is 12.2. The van der Waals surface area contributed by atoms with Crippen molar-refractivity contribution in [1.29, 1.82) is 0 Å². The van der Waals surface area contributed by atoms with Gasteiger partial charge in [-0.15, -0.1) is 0 Å². The van der Waals surface area contributed by atoms with Crippen LogP contribution in [-0.4, -0.2) is 31.0 Å². The van der Waals surface area contributed by atoms with Gasteiger partial charge in [0.25, 0.3) is 0 Å². The topological polar surface area (TPSA) is 46.2 Å². The van der Waals surface area contributed by atoms with Crippen LogP contribution in [0.3, 0.4) is 0 Å². The molecular formula is C16H29NO2S. The second-order valence-corrected chi connectivity index (χ2v) is 11.4. The predicted octanol–water partition coefficient (Wildman–Crippen LogP) is 2.76. The fourth-order valence-corrected chi connectivity index (χ4v) is 6.07. The largest absolute Gasteiger partial charge is 0.310 e. The molecule has 1 N–H and O–H groups in total. The zero-order valence-corrected chi connectivity index (χ0v) is 13.9. The van der Waals surface area contributed by atoms with Gasteiger partial charge in [0.15, 0.2) is 9.84 Å². The minimum atomic E-state index is -2.99. The Morgan fingerprint density at radius 2 is 1.45 bits per heavy atom. The Morgan fingerprint density at radius 3 is 1.85 bits per heavy atom. The molecule has 4 rings (SSSR count). The molecule has 116 valence electrons. The van der Waals surface area contributed by atoms with Crippen molar-refractivity contribution in [2.45, 2.75) is 69.6 Å². The van der Waals surface area contributed by atoms with Crippen LogP contribution in [0.1, 0.15) is 59.3 Å². The lowest BCUT2D eigenvalue weighted by Gasteiger charge is -2.57. The van der Waals surface area contributed by atoms with E-state index in [0.717, 1.165) is 17.8 Å². The van der Waals surface area contributed by atoms with E-state index < -0.39 is 14.6 Å². The summed E-state index contributed by atoms with van der Waals surface area (Å²) < 4.78 is 23.8. The highest BCUT2D eigenvalue weighted by atomic mass is 32.2. The molecule has 0 unspecified atom stereocenters. The average Bonchev–Trinajstić information content (AvgIpc) is 2.24. The fourth-order valence-electron chi connectivity index (χ4n) is 5.08. The first-order chi connectivity index (χ1) is 9.19. The van der Waals surface area contributed by atoms with Crippen LogP contribution in [0.4, 0.5) is 0 Å². The zero-order chi connectivity index (χ0) is 14.6. The Labute approximate surface area is 123 Å². The van der Waals surface area contributed by atoms with Crippen molar-refractivity contribution < 1.29 is 8.42 Å². The quantitative estimate of drug-likeness (QED) is 0.868. The van der Waals surface area contributed by atoms with Crippen molar-refractivity contribution in [2.75, 3.05) is 12.3 Å². The molecule has 0 amide bonds. The van der Waals surface area contributed by atoms with Crippen LogP contribution in [0, 0.1) is 17.8 Å². The van der Waals surface area contributed by atoms with E-state index in [4.69, 9.17) is 0 Å². The Hall–Kier alpha value is -0.0900. The first kappa shape index (κ1) is 14.8. The van der Waals surface area contributed by atoms with E-state index >= 15 is 0 Å². The van der Waals surface area contributed by atoms with E-state index in [0.29, 0.717) is 6.54 Å². The summed E-state index contributed by atoms with van der Waals surface area (Å²) in [6, 6.07) is 0. The number of nitrogens with one attached hydrogen (secondary N) is 1. The van der Waals surface area contributed by atoms with Crippen molar-refractivity contribution >= 4 is 9.84 Å². The van der Waals surface area contributed by atoms with Crippen LogP contribution in [-0.2, 0) is 9.84 Å². The Bertz CT molecular complexity index is 440. The minimum Gasteiger partial charge on any atom is -0.310 e. The SMILES string of the molecule is CC(C)(C)S(=O)(=O)CCNC12CC3CC(CC(C3)C1)C2. The molecule has 0 aromatic heterocycles. The summed E-state index contributed by atoms with van der Waals surface area (Å²) in [6.45, 7) is 6.03. The second kappa shape index (κ2) is 4.70. The lowest BCUT2D eigenvalue weighted by Crippen LogP contribution is -2.59. The van der Waals surface area contributed by atoms with Gasteiger partial charge in [0.1, 0.15) is 0 Å². The van der Waals surface area contributed by atoms with Gasteiger partial charge in [-0.05, 0) is 77.0 Å². The second-order valence-electron chi connectivity index (χ2n) is 8.56. The van der Waals surface area contributed by atoms with Gasteiger partial charge in [0.05, 0.1) is 10.5 Å². The molecular weight excluding hydrogens is 270 g/mol. The normalized spacial score (nSPS) is 40.2. The van der Waals surface area contributed by atoms with Gasteiger partial charge >= 0.3 is 0 Å². The van der Waals surface area contributed by atoms with E-state index in [2.05, 4.69) is 5.32 Å². The lowest BCUT2D eigenvalue weighted by atomic mass is 9.53. The molecule has 0 aromatic carbocycles. The van der Waals surface area contributed by atoms with Crippen molar-refractivity contribution in [3.05, 3.63) is 0 Å². The molecule has 4 saturated carbocycles. The summed E-state index contributed by atoms with van der Waals surface area (Å²) >= 11 is 0. The number of sulfone groups is 1. The van der Waals surface area contributed by atoms with E-state index in [1.807, 2.05) is 0 Å². The Balaban J connectivity index is 1.59. The van der Waals surface area contributed by atoms with E-state index in [-0.39, 0.29) is 11.3 Å². The maximum absolute atomic E-state index is 12.2. The third-order valence-corrected chi connectivity index (χ3v) is 8.45. The maximum Gasteiger partial charge on any atom is 0.156 e. The molecule has 4 fully saturated rings. The molecule has 0 aliphatic heterocycles. The first-order valence-electron chi connectivity index (χ1n) is 8.16. The van der Waals surface area contributed by atoms with Crippen LogP contribution in [0.5, 0.6) is 0 Å². The van der Waals surface area contributed by atoms with Crippen LogP contribution < -0.4 is 5.32 Å². The molecule has 0 spiro atoms. The highest BCUT2D eigenvalue weighted by Crippen LogP contribution is 2.55. The monoisotopic (exact) mass is 299 g/mol. The minimum absolute atomic E-state index is 0.276. The third-order valence-electron chi connectivity index (χ3n) is 5.84. The van der Waals surface area contributed by atoms with Crippen molar-refractivity contribution in [3.63, 3.8) is 0 Å². The average molecular weight is 299 g/mol. The predicted molar refractivity (Wildman–Crippen MR) is 82.4 cm³/mol. The Morgan fingerprint density at radius 1 is 1.00 bits per heavy atom. The molecule has 20 heavy (non-hydrogen) atoms. The van der Waals surface area contributed by atoms with Crippen LogP contribution in [0.2, 0.25) is 0 Å². The van der Waals surface area contributed by atoms with Gasteiger partial charge in [-0.3, -0.25) is 0 Å². The van der Waals surface area contributed by atoms with Gasteiger partial charge in [-0.25, -0.2) is 8.42 Å². The first-order valence-corrected chi connectivity index (χ1v) is 9.82. The van der Waals surface area contributed by atoms with E-state index in [1.165, 1.54) is 38.5 Å². The highest BCUT2D eigenvalue weighted by molar-refractivity contribution is 7.92. The third kappa shape index (κ3) is 2.66. The number of rotatable bonds is 4. The lowest BCUT2D eigenvalue weighted by molar-refractivity contribution is -0.0186. The van der Waals surface area contributed by atoms with Gasteiger partial charge in [-0.1, -0.05) is 0 Å². The van der Waals surface area contributed by atoms with Crippen LogP contribution in [0.25, 0.3) is 0 Å². The number of hydrogen-bond donors (Lipinski definition) is 1. The van der Waals surface area contributed by atoms with Crippen molar-refractivity contribution in [2.24, 2.45) is 17.8 Å². The van der Waals surface area contributed by atoms with Gasteiger partial charge in [0.2, 0.25) is 0 Å². The highest BCUT2D eigenvalue weighted by Gasteiger charge is 2.50. The summed E-state index contributed by atoms with van der Waals surface area (Å²) in [5, 5.41) is 3.68. The molecule has 0 heterocycles. The Kier molecular flexibility index (Phi) is 3.49. The summed E-state index contributed by atoms with van der Waals surface area (Å²) in [7, 11) is -2.99. The van der Waals surface area contributed by atoms with E-state index in [9.17, 15) is 8.42 Å². The zero-order valence-electron chi connectivity index (χ0n) is 13.1. The summed E-state index contributed by atoms with van der Waals surface area (Å²) in [6.07, 6.45) is 8.15. The van der Waals surface area contributed by atoms with Gasteiger partial charge < -0.3 is 5.32 Å². The fraction of sp³-hybridized carbons (Fsp3) is 1.00. The van der Waals surface area contributed by atoms with Crippen LogP contribution in [0.15, 0.2) is 0 Å². The van der Waals surface area contributed by atoms with Crippen molar-refractivity contribution in [1.82, 2.24) is 5.32 Å². The molecule has 0 aromatic rings. The standard InChI is InChI=1S/C16H29NO2S/c1-15(2,3)20(18,19)5-4-17-16-9-12-6-13(10-16)8-14(7-12)11-16/h12-14,17H,4-11H2,1-3H3. The number of hydrogen-bond acceptors (Lipinski definition) is 3. The molecule has 3 nitrogen and oxygen atoms in total. The van der Waals surface area contributed by atoms with Crippen molar-refractivity contribution in [3.8, 4) is 0 Å². The molecule has 4 heteroatoms. The van der Waals surface area contributed by atoms with Gasteiger partial charge in [0, 0.05) is 12.1 Å². The molecule has 4 bridgehead atoms. The smallest absolute Gasteiger partial charge is 0.156 e. The van der Waals surface area contributed by atoms with E-state index in [1.54, 1.807) is 20.8 Å². The van der Waals surface area contributed by atoms with Gasteiger partial charge in [-0.2, -0.15) is 0 Å². The molecule has 0 radical (unpaired) electrons. The molecule has 4 aliphatic rings. The summed E-state index contributed by atoms with van der Waals surface area (Å²) in [4.78, 5) is 0. The summed E-state index contributed by atoms with van der Waals surface area (Å²) in [5.74, 6) is 3.01. The molecule has 0 atom stereocenters. The molecule has 0 saturated heterocycles. The summed E-state index contributed by atoms with van der Waals surface area (Å²) in [5.41, 5.74) is 0.280. The van der Waals surface area contributed by atoms with Crippen LogP contribution >= 0.6 is 0 Å². The molecule has 4 aliphatic carbocycles.